The summed E-state index contributed by atoms with van der Waals surface area (Å²) in [6, 6.07) is 11.0. The summed E-state index contributed by atoms with van der Waals surface area (Å²) in [7, 11) is 0. The fraction of sp³-hybridized carbons (Fsp3) is 0.429. The van der Waals surface area contributed by atoms with E-state index in [0.717, 1.165) is 26.1 Å². The Hall–Kier alpha value is -2.60. The SMILES string of the molecule is CC(C)C(=O)NCC[C@H]1CN(Cc2cccc3[nH]ccc23)Cc2ccnn21. The highest BCUT2D eigenvalue weighted by Gasteiger charge is 2.25. The number of amides is 1. The van der Waals surface area contributed by atoms with Crippen LogP contribution in [0.4, 0.5) is 0 Å². The number of fused-ring (bicyclic) bond motifs is 2. The minimum atomic E-state index is 0.0231. The Labute approximate surface area is 159 Å². The number of aromatic nitrogens is 3. The van der Waals surface area contributed by atoms with Gasteiger partial charge in [0.1, 0.15) is 0 Å². The van der Waals surface area contributed by atoms with E-state index in [1.54, 1.807) is 0 Å². The van der Waals surface area contributed by atoms with Gasteiger partial charge in [-0.05, 0) is 30.2 Å². The quantitative estimate of drug-likeness (QED) is 0.705. The smallest absolute Gasteiger partial charge is 0.222 e. The van der Waals surface area contributed by atoms with Crippen molar-refractivity contribution in [3.05, 3.63) is 54.0 Å². The molecule has 0 fully saturated rings. The zero-order valence-electron chi connectivity index (χ0n) is 16.0. The third kappa shape index (κ3) is 3.76. The molecule has 6 heteroatoms. The monoisotopic (exact) mass is 365 g/mol. The maximum absolute atomic E-state index is 11.8. The average molecular weight is 365 g/mol. The molecule has 0 aliphatic carbocycles. The molecule has 4 rings (SSSR count). The summed E-state index contributed by atoms with van der Waals surface area (Å²) >= 11 is 0. The molecule has 27 heavy (non-hydrogen) atoms. The van der Waals surface area contributed by atoms with Gasteiger partial charge in [0.2, 0.25) is 5.91 Å². The van der Waals surface area contributed by atoms with Gasteiger partial charge in [-0.3, -0.25) is 14.4 Å². The van der Waals surface area contributed by atoms with Crippen LogP contribution in [-0.4, -0.2) is 38.7 Å². The van der Waals surface area contributed by atoms with Crippen LogP contribution in [0.15, 0.2) is 42.7 Å². The fourth-order valence-electron chi connectivity index (χ4n) is 3.89. The summed E-state index contributed by atoms with van der Waals surface area (Å²) in [6.07, 6.45) is 4.77. The first-order valence-electron chi connectivity index (χ1n) is 9.69. The second kappa shape index (κ2) is 7.56. The number of carbonyl (C=O) groups excluding carboxylic acids is 1. The number of aromatic amines is 1. The van der Waals surface area contributed by atoms with Crippen molar-refractivity contribution in [2.24, 2.45) is 5.92 Å². The summed E-state index contributed by atoms with van der Waals surface area (Å²) in [6.45, 7) is 7.27. The summed E-state index contributed by atoms with van der Waals surface area (Å²) < 4.78 is 2.13. The minimum Gasteiger partial charge on any atom is -0.361 e. The Morgan fingerprint density at radius 2 is 2.22 bits per heavy atom. The molecule has 0 unspecified atom stereocenters. The van der Waals surface area contributed by atoms with Gasteiger partial charge in [-0.1, -0.05) is 26.0 Å². The van der Waals surface area contributed by atoms with Crippen molar-refractivity contribution in [2.45, 2.75) is 39.4 Å². The van der Waals surface area contributed by atoms with Gasteiger partial charge in [0, 0.05) is 55.4 Å². The molecule has 0 bridgehead atoms. The molecule has 1 atom stereocenters. The van der Waals surface area contributed by atoms with Gasteiger partial charge >= 0.3 is 0 Å². The summed E-state index contributed by atoms with van der Waals surface area (Å²) in [5.74, 6) is 0.137. The van der Waals surface area contributed by atoms with E-state index in [0.29, 0.717) is 6.54 Å². The first kappa shape index (κ1) is 17.8. The van der Waals surface area contributed by atoms with Gasteiger partial charge in [0.25, 0.3) is 0 Å². The number of benzene rings is 1. The van der Waals surface area contributed by atoms with Crippen molar-refractivity contribution < 1.29 is 4.79 Å². The molecule has 0 radical (unpaired) electrons. The van der Waals surface area contributed by atoms with Crippen LogP contribution < -0.4 is 5.32 Å². The molecule has 2 N–H and O–H groups in total. The second-order valence-corrected chi connectivity index (χ2v) is 7.68. The lowest BCUT2D eigenvalue weighted by molar-refractivity contribution is -0.124. The molecular weight excluding hydrogens is 338 g/mol. The molecule has 0 saturated heterocycles. The first-order chi connectivity index (χ1) is 13.1. The Bertz CT molecular complexity index is 925. The predicted octanol–water partition coefficient (Wildman–Crippen LogP) is 3.08. The van der Waals surface area contributed by atoms with Crippen molar-refractivity contribution in [3.63, 3.8) is 0 Å². The molecule has 3 heterocycles. The van der Waals surface area contributed by atoms with E-state index in [9.17, 15) is 4.79 Å². The molecule has 142 valence electrons. The number of rotatable bonds is 6. The number of carbonyl (C=O) groups is 1. The number of hydrogen-bond donors (Lipinski definition) is 2. The molecule has 0 spiro atoms. The molecule has 0 saturated carbocycles. The first-order valence-corrected chi connectivity index (χ1v) is 9.69. The highest BCUT2D eigenvalue weighted by molar-refractivity contribution is 5.82. The third-order valence-electron chi connectivity index (χ3n) is 5.33. The summed E-state index contributed by atoms with van der Waals surface area (Å²) in [5.41, 5.74) is 3.76. The predicted molar refractivity (Wildman–Crippen MR) is 106 cm³/mol. The van der Waals surface area contributed by atoms with Crippen molar-refractivity contribution in [2.75, 3.05) is 13.1 Å². The van der Waals surface area contributed by atoms with E-state index in [-0.39, 0.29) is 17.9 Å². The highest BCUT2D eigenvalue weighted by Crippen LogP contribution is 2.26. The molecule has 6 nitrogen and oxygen atoms in total. The third-order valence-corrected chi connectivity index (χ3v) is 5.33. The average Bonchev–Trinajstić information content (AvgIpc) is 3.30. The van der Waals surface area contributed by atoms with E-state index >= 15 is 0 Å². The van der Waals surface area contributed by atoms with E-state index in [1.807, 2.05) is 26.2 Å². The van der Waals surface area contributed by atoms with Crippen LogP contribution in [0.25, 0.3) is 10.9 Å². The van der Waals surface area contributed by atoms with Crippen LogP contribution in [0.1, 0.15) is 37.6 Å². The van der Waals surface area contributed by atoms with Crippen LogP contribution in [-0.2, 0) is 17.9 Å². The van der Waals surface area contributed by atoms with Gasteiger partial charge in [-0.2, -0.15) is 5.10 Å². The molecule has 1 aromatic carbocycles. The zero-order chi connectivity index (χ0) is 18.8. The van der Waals surface area contributed by atoms with Crippen LogP contribution in [0.3, 0.4) is 0 Å². The molecule has 2 aromatic heterocycles. The van der Waals surface area contributed by atoms with Gasteiger partial charge in [-0.15, -0.1) is 0 Å². The molecule has 1 aliphatic heterocycles. The summed E-state index contributed by atoms with van der Waals surface area (Å²) in [5, 5.41) is 8.85. The Kier molecular flexibility index (Phi) is 4.99. The largest absolute Gasteiger partial charge is 0.361 e. The van der Waals surface area contributed by atoms with Crippen molar-refractivity contribution >= 4 is 16.8 Å². The number of nitrogens with one attached hydrogen (secondary N) is 2. The van der Waals surface area contributed by atoms with Crippen molar-refractivity contribution in [1.82, 2.24) is 25.0 Å². The van der Waals surface area contributed by atoms with Crippen LogP contribution in [0.5, 0.6) is 0 Å². The number of hydrogen-bond acceptors (Lipinski definition) is 3. The van der Waals surface area contributed by atoms with Gasteiger partial charge < -0.3 is 10.3 Å². The second-order valence-electron chi connectivity index (χ2n) is 7.68. The fourth-order valence-corrected chi connectivity index (χ4v) is 3.89. The standard InChI is InChI=1S/C21H27N5O/c1-15(2)21(27)23-9-6-17-13-25(14-18-7-11-24-26(17)18)12-16-4-3-5-20-19(16)8-10-22-20/h3-5,7-8,10-11,15,17,22H,6,9,12-14H2,1-2H3,(H,23,27)/t17-/m0/s1. The van der Waals surface area contributed by atoms with Crippen LogP contribution >= 0.6 is 0 Å². The van der Waals surface area contributed by atoms with Crippen LogP contribution in [0, 0.1) is 5.92 Å². The maximum Gasteiger partial charge on any atom is 0.222 e. The van der Waals surface area contributed by atoms with Gasteiger partial charge in [0.05, 0.1) is 11.7 Å². The zero-order valence-corrected chi connectivity index (χ0v) is 16.0. The summed E-state index contributed by atoms with van der Waals surface area (Å²) in [4.78, 5) is 17.6. The molecule has 1 amide bonds. The van der Waals surface area contributed by atoms with Gasteiger partial charge in [-0.25, -0.2) is 0 Å². The van der Waals surface area contributed by atoms with E-state index in [4.69, 9.17) is 0 Å². The normalized spacial score (nSPS) is 17.4. The molecule has 3 aromatic rings. The Morgan fingerprint density at radius 1 is 1.33 bits per heavy atom. The van der Waals surface area contributed by atoms with E-state index in [1.165, 1.54) is 22.2 Å². The Balaban J connectivity index is 1.46. The Morgan fingerprint density at radius 3 is 3.07 bits per heavy atom. The van der Waals surface area contributed by atoms with Crippen LogP contribution in [0.2, 0.25) is 0 Å². The van der Waals surface area contributed by atoms with E-state index < -0.39 is 0 Å². The number of H-pyrrole nitrogens is 1. The van der Waals surface area contributed by atoms with Gasteiger partial charge in [0.15, 0.2) is 0 Å². The lowest BCUT2D eigenvalue weighted by atomic mass is 10.1. The highest BCUT2D eigenvalue weighted by atomic mass is 16.1. The van der Waals surface area contributed by atoms with E-state index in [2.05, 4.69) is 55.3 Å². The molecular formula is C21H27N5O. The minimum absolute atomic E-state index is 0.0231. The van der Waals surface area contributed by atoms with Crippen molar-refractivity contribution in [3.8, 4) is 0 Å². The lowest BCUT2D eigenvalue weighted by Gasteiger charge is -2.34. The number of nitrogens with zero attached hydrogens (tertiary/aromatic N) is 3. The molecule has 1 aliphatic rings. The lowest BCUT2D eigenvalue weighted by Crippen LogP contribution is -2.39. The van der Waals surface area contributed by atoms with Crippen molar-refractivity contribution in [1.29, 1.82) is 0 Å². The maximum atomic E-state index is 11.8. The topological polar surface area (TPSA) is 66.0 Å².